The predicted molar refractivity (Wildman–Crippen MR) is 59.2 cm³/mol. The molecular weight excluding hydrogens is 214 g/mol. The minimum atomic E-state index is 0.287. The molecule has 1 aliphatic heterocycles. The molecule has 15 heavy (non-hydrogen) atoms. The number of halogens is 1. The number of aromatic nitrogens is 2. The van der Waals surface area contributed by atoms with Crippen LogP contribution in [-0.2, 0) is 4.74 Å². The van der Waals surface area contributed by atoms with Crippen LogP contribution >= 0.6 is 11.6 Å². The lowest BCUT2D eigenvalue weighted by Crippen LogP contribution is -2.28. The lowest BCUT2D eigenvalue weighted by atomic mass is 10.1. The summed E-state index contributed by atoms with van der Waals surface area (Å²) in [5.41, 5.74) is 1.02. The van der Waals surface area contributed by atoms with Crippen molar-refractivity contribution in [2.45, 2.75) is 25.8 Å². The zero-order chi connectivity index (χ0) is 10.7. The molecule has 0 spiro atoms. The molecule has 1 fully saturated rings. The van der Waals surface area contributed by atoms with Gasteiger partial charge in [-0.1, -0.05) is 0 Å². The summed E-state index contributed by atoms with van der Waals surface area (Å²) in [4.78, 5) is 8.09. The Morgan fingerprint density at radius 1 is 1.47 bits per heavy atom. The first-order chi connectivity index (χ1) is 7.25. The zero-order valence-corrected chi connectivity index (χ0v) is 9.42. The van der Waals surface area contributed by atoms with Gasteiger partial charge in [0.2, 0.25) is 5.28 Å². The van der Waals surface area contributed by atoms with Crippen molar-refractivity contribution in [3.8, 4) is 0 Å². The third-order valence-corrected chi connectivity index (χ3v) is 2.69. The lowest BCUT2D eigenvalue weighted by Gasteiger charge is -2.24. The Balaban J connectivity index is 2.05. The first-order valence-electron chi connectivity index (χ1n) is 5.09. The number of nitrogens with zero attached hydrogens (tertiary/aromatic N) is 2. The molecule has 0 aliphatic carbocycles. The molecule has 82 valence electrons. The third kappa shape index (κ3) is 2.79. The second kappa shape index (κ2) is 4.77. The molecule has 1 aliphatic rings. The van der Waals surface area contributed by atoms with E-state index in [2.05, 4.69) is 15.3 Å². The van der Waals surface area contributed by atoms with Crippen molar-refractivity contribution in [1.82, 2.24) is 9.97 Å². The van der Waals surface area contributed by atoms with E-state index in [1.807, 2.05) is 6.92 Å². The Hall–Kier alpha value is -0.870. The van der Waals surface area contributed by atoms with Gasteiger partial charge in [0.25, 0.3) is 0 Å². The maximum atomic E-state index is 5.75. The van der Waals surface area contributed by atoms with E-state index in [-0.39, 0.29) is 5.28 Å². The number of nitrogens with one attached hydrogen (secondary N) is 1. The van der Waals surface area contributed by atoms with E-state index in [0.29, 0.717) is 6.04 Å². The summed E-state index contributed by atoms with van der Waals surface area (Å²) in [7, 11) is 0. The predicted octanol–water partition coefficient (Wildman–Crippen LogP) is 2.03. The maximum Gasteiger partial charge on any atom is 0.224 e. The molecule has 1 aromatic rings. The van der Waals surface area contributed by atoms with E-state index in [9.17, 15) is 0 Å². The molecule has 0 unspecified atom stereocenters. The SMILES string of the molecule is Cc1cnc(Cl)nc1NC1CCOCC1. The smallest absolute Gasteiger partial charge is 0.224 e. The summed E-state index contributed by atoms with van der Waals surface area (Å²) in [6.07, 6.45) is 3.76. The summed E-state index contributed by atoms with van der Waals surface area (Å²) in [6, 6.07) is 0.434. The molecule has 1 aromatic heterocycles. The Labute approximate surface area is 94.0 Å². The topological polar surface area (TPSA) is 47.0 Å². The van der Waals surface area contributed by atoms with E-state index < -0.39 is 0 Å². The molecule has 0 amide bonds. The molecule has 1 N–H and O–H groups in total. The van der Waals surface area contributed by atoms with Gasteiger partial charge in [0.1, 0.15) is 5.82 Å². The van der Waals surface area contributed by atoms with Gasteiger partial charge in [-0.25, -0.2) is 9.97 Å². The Morgan fingerprint density at radius 2 is 2.20 bits per heavy atom. The number of aryl methyl sites for hydroxylation is 1. The van der Waals surface area contributed by atoms with Gasteiger partial charge >= 0.3 is 0 Å². The number of hydrogen-bond acceptors (Lipinski definition) is 4. The molecule has 0 radical (unpaired) electrons. The Kier molecular flexibility index (Phi) is 3.38. The fourth-order valence-corrected chi connectivity index (χ4v) is 1.74. The van der Waals surface area contributed by atoms with Crippen LogP contribution in [0, 0.1) is 6.92 Å². The Morgan fingerprint density at radius 3 is 2.93 bits per heavy atom. The van der Waals surface area contributed by atoms with Gasteiger partial charge < -0.3 is 10.1 Å². The standard InChI is InChI=1S/C10H14ClN3O/c1-7-6-12-10(11)14-9(7)13-8-2-4-15-5-3-8/h6,8H,2-5H2,1H3,(H,12,13,14). The average Bonchev–Trinajstić information content (AvgIpc) is 2.25. The summed E-state index contributed by atoms with van der Waals surface area (Å²) < 4.78 is 5.29. The van der Waals surface area contributed by atoms with E-state index >= 15 is 0 Å². The van der Waals surface area contributed by atoms with Gasteiger partial charge in [-0.3, -0.25) is 0 Å². The van der Waals surface area contributed by atoms with Crippen LogP contribution in [0.3, 0.4) is 0 Å². The lowest BCUT2D eigenvalue weighted by molar-refractivity contribution is 0.0903. The summed E-state index contributed by atoms with van der Waals surface area (Å²) >= 11 is 5.75. The fraction of sp³-hybridized carbons (Fsp3) is 0.600. The monoisotopic (exact) mass is 227 g/mol. The van der Waals surface area contributed by atoms with Crippen LogP contribution in [0.1, 0.15) is 18.4 Å². The van der Waals surface area contributed by atoms with Crippen molar-refractivity contribution in [3.05, 3.63) is 17.0 Å². The summed E-state index contributed by atoms with van der Waals surface area (Å²) in [5.74, 6) is 0.835. The van der Waals surface area contributed by atoms with Crippen LogP contribution in [-0.4, -0.2) is 29.2 Å². The molecule has 0 saturated carbocycles. The number of rotatable bonds is 2. The van der Waals surface area contributed by atoms with Crippen LogP contribution in [0.4, 0.5) is 5.82 Å². The normalized spacial score (nSPS) is 17.7. The van der Waals surface area contributed by atoms with Crippen molar-refractivity contribution in [3.63, 3.8) is 0 Å². The highest BCUT2D eigenvalue weighted by Crippen LogP contribution is 2.17. The van der Waals surface area contributed by atoms with Crippen LogP contribution in [0.2, 0.25) is 5.28 Å². The minimum absolute atomic E-state index is 0.287. The molecule has 0 atom stereocenters. The highest BCUT2D eigenvalue weighted by Gasteiger charge is 2.15. The third-order valence-electron chi connectivity index (χ3n) is 2.50. The first-order valence-corrected chi connectivity index (χ1v) is 5.47. The van der Waals surface area contributed by atoms with Crippen molar-refractivity contribution in [2.75, 3.05) is 18.5 Å². The largest absolute Gasteiger partial charge is 0.381 e. The second-order valence-electron chi connectivity index (χ2n) is 3.70. The summed E-state index contributed by atoms with van der Waals surface area (Å²) in [6.45, 7) is 3.60. The molecule has 0 aromatic carbocycles. The Bertz CT molecular complexity index is 339. The highest BCUT2D eigenvalue weighted by atomic mass is 35.5. The molecular formula is C10H14ClN3O. The van der Waals surface area contributed by atoms with Gasteiger partial charge in [0.15, 0.2) is 0 Å². The molecule has 1 saturated heterocycles. The van der Waals surface area contributed by atoms with E-state index in [1.165, 1.54) is 0 Å². The quantitative estimate of drug-likeness (QED) is 0.786. The number of ether oxygens (including phenoxy) is 1. The average molecular weight is 228 g/mol. The van der Waals surface area contributed by atoms with Gasteiger partial charge in [0.05, 0.1) is 0 Å². The van der Waals surface area contributed by atoms with Gasteiger partial charge in [-0.15, -0.1) is 0 Å². The summed E-state index contributed by atoms with van der Waals surface area (Å²) in [5, 5.41) is 3.66. The van der Waals surface area contributed by atoms with Gasteiger partial charge in [0, 0.05) is 31.0 Å². The van der Waals surface area contributed by atoms with Crippen LogP contribution in [0.25, 0.3) is 0 Å². The van der Waals surface area contributed by atoms with Crippen LogP contribution in [0.5, 0.6) is 0 Å². The van der Waals surface area contributed by atoms with Crippen molar-refractivity contribution >= 4 is 17.4 Å². The fourth-order valence-electron chi connectivity index (χ4n) is 1.60. The van der Waals surface area contributed by atoms with E-state index in [0.717, 1.165) is 37.4 Å². The number of hydrogen-bond donors (Lipinski definition) is 1. The van der Waals surface area contributed by atoms with Gasteiger partial charge in [-0.05, 0) is 31.4 Å². The maximum absolute atomic E-state index is 5.75. The molecule has 2 heterocycles. The van der Waals surface area contributed by atoms with Crippen LogP contribution < -0.4 is 5.32 Å². The van der Waals surface area contributed by atoms with E-state index in [4.69, 9.17) is 16.3 Å². The van der Waals surface area contributed by atoms with E-state index in [1.54, 1.807) is 6.20 Å². The van der Waals surface area contributed by atoms with Crippen molar-refractivity contribution in [1.29, 1.82) is 0 Å². The van der Waals surface area contributed by atoms with Gasteiger partial charge in [-0.2, -0.15) is 0 Å². The minimum Gasteiger partial charge on any atom is -0.381 e. The van der Waals surface area contributed by atoms with Crippen molar-refractivity contribution < 1.29 is 4.74 Å². The molecule has 5 heteroatoms. The first kappa shape index (κ1) is 10.6. The van der Waals surface area contributed by atoms with Crippen molar-refractivity contribution in [2.24, 2.45) is 0 Å². The molecule has 0 bridgehead atoms. The molecule has 2 rings (SSSR count). The zero-order valence-electron chi connectivity index (χ0n) is 8.66. The van der Waals surface area contributed by atoms with Crippen LogP contribution in [0.15, 0.2) is 6.20 Å². The number of anilines is 1. The molecule has 4 nitrogen and oxygen atoms in total. The second-order valence-corrected chi connectivity index (χ2v) is 4.04. The highest BCUT2D eigenvalue weighted by molar-refractivity contribution is 6.28.